The Morgan fingerprint density at radius 1 is 1.43 bits per heavy atom. The Labute approximate surface area is 159 Å². The summed E-state index contributed by atoms with van der Waals surface area (Å²) < 4.78 is 30.0. The summed E-state index contributed by atoms with van der Waals surface area (Å²) in [5.41, 5.74) is -0.751. The van der Waals surface area contributed by atoms with Crippen LogP contribution in [0.25, 0.3) is 10.9 Å². The molecule has 1 fully saturated rings. The summed E-state index contributed by atoms with van der Waals surface area (Å²) in [7, 11) is 0. The number of rotatable bonds is 4. The van der Waals surface area contributed by atoms with Gasteiger partial charge < -0.3 is 10.3 Å². The molecule has 0 radical (unpaired) electrons. The van der Waals surface area contributed by atoms with Gasteiger partial charge in [0.2, 0.25) is 5.95 Å². The first-order valence-electron chi connectivity index (χ1n) is 9.06. The largest absolute Gasteiger partial charge is 0.338 e. The minimum Gasteiger partial charge on any atom is -0.338 e. The molecule has 2 atom stereocenters. The summed E-state index contributed by atoms with van der Waals surface area (Å²) >= 11 is 0. The molecule has 0 amide bonds. The van der Waals surface area contributed by atoms with Crippen LogP contribution in [-0.4, -0.2) is 25.9 Å². The molecule has 0 aliphatic heterocycles. The van der Waals surface area contributed by atoms with Crippen LogP contribution < -0.4 is 10.9 Å². The maximum absolute atomic E-state index is 15.1. The van der Waals surface area contributed by atoms with Crippen LogP contribution >= 0.6 is 0 Å². The molecule has 3 aromatic rings. The zero-order valence-corrected chi connectivity index (χ0v) is 15.0. The fourth-order valence-corrected chi connectivity index (χ4v) is 3.95. The molecule has 0 saturated heterocycles. The lowest BCUT2D eigenvalue weighted by molar-refractivity contribution is 0.0612. The van der Waals surface area contributed by atoms with Crippen LogP contribution in [0.1, 0.15) is 32.1 Å². The molecule has 144 valence electrons. The third-order valence-corrected chi connectivity index (χ3v) is 5.30. The number of alkyl halides is 1. The van der Waals surface area contributed by atoms with Gasteiger partial charge in [0.05, 0.1) is 18.0 Å². The summed E-state index contributed by atoms with van der Waals surface area (Å²) in [5.74, 6) is -0.503. The van der Waals surface area contributed by atoms with Crippen molar-refractivity contribution >= 4 is 22.4 Å². The van der Waals surface area contributed by atoms with Gasteiger partial charge >= 0.3 is 0 Å². The number of H-pyrrole nitrogens is 1. The van der Waals surface area contributed by atoms with E-state index in [0.29, 0.717) is 24.0 Å². The average molecular weight is 384 g/mol. The van der Waals surface area contributed by atoms with Crippen LogP contribution in [0.2, 0.25) is 0 Å². The molecule has 1 aliphatic rings. The Morgan fingerprint density at radius 3 is 3.04 bits per heavy atom. The van der Waals surface area contributed by atoms with E-state index in [4.69, 9.17) is 0 Å². The van der Waals surface area contributed by atoms with Gasteiger partial charge in [-0.1, -0.05) is 12.8 Å². The Bertz CT molecular complexity index is 1120. The molecular formula is C19H18F2N6O. The maximum atomic E-state index is 15.1. The van der Waals surface area contributed by atoms with Crippen molar-refractivity contribution in [3.63, 3.8) is 0 Å². The van der Waals surface area contributed by atoms with E-state index in [1.54, 1.807) is 6.07 Å². The molecular weight excluding hydrogens is 366 g/mol. The summed E-state index contributed by atoms with van der Waals surface area (Å²) in [6, 6.07) is 6.44. The normalized spacial score (nSPS) is 22.1. The van der Waals surface area contributed by atoms with Gasteiger partial charge in [0.1, 0.15) is 17.1 Å². The predicted octanol–water partition coefficient (Wildman–Crippen LogP) is 3.52. The van der Waals surface area contributed by atoms with E-state index in [1.165, 1.54) is 29.2 Å². The van der Waals surface area contributed by atoms with Crippen molar-refractivity contribution in [2.75, 3.05) is 5.32 Å². The average Bonchev–Trinajstić information content (AvgIpc) is 3.04. The summed E-state index contributed by atoms with van der Waals surface area (Å²) in [6.45, 7) is 0. The lowest BCUT2D eigenvalue weighted by atomic mass is 9.78. The molecule has 4 rings (SSSR count). The molecule has 9 heteroatoms. The Balaban J connectivity index is 1.91. The van der Waals surface area contributed by atoms with Crippen molar-refractivity contribution in [1.82, 2.24) is 19.7 Å². The molecule has 0 bridgehead atoms. The van der Waals surface area contributed by atoms with Gasteiger partial charge in [0.15, 0.2) is 5.82 Å². The van der Waals surface area contributed by atoms with Gasteiger partial charge in [-0.05, 0) is 25.0 Å². The van der Waals surface area contributed by atoms with E-state index < -0.39 is 23.2 Å². The van der Waals surface area contributed by atoms with Crippen LogP contribution in [-0.2, 0) is 5.54 Å². The molecule has 1 aliphatic carbocycles. The Kier molecular flexibility index (Phi) is 4.55. The Hall–Kier alpha value is -3.28. The minimum absolute atomic E-state index is 0.0545. The van der Waals surface area contributed by atoms with Gasteiger partial charge in [-0.2, -0.15) is 14.8 Å². The highest BCUT2D eigenvalue weighted by Gasteiger charge is 2.45. The highest BCUT2D eigenvalue weighted by atomic mass is 19.1. The van der Waals surface area contributed by atoms with E-state index in [-0.39, 0.29) is 17.6 Å². The fraction of sp³-hybridized carbons (Fsp3) is 0.368. The fourth-order valence-electron chi connectivity index (χ4n) is 3.95. The first-order valence-corrected chi connectivity index (χ1v) is 9.06. The van der Waals surface area contributed by atoms with E-state index in [0.717, 1.165) is 12.8 Å². The lowest BCUT2D eigenvalue weighted by Gasteiger charge is -2.39. The number of fused-ring (bicyclic) bond motifs is 1. The number of hydrogen-bond donors (Lipinski definition) is 2. The lowest BCUT2D eigenvalue weighted by Crippen LogP contribution is -2.45. The number of anilines is 2. The van der Waals surface area contributed by atoms with Crippen molar-refractivity contribution in [3.8, 4) is 6.07 Å². The topological polar surface area (TPSA) is 99.4 Å². The molecule has 7 nitrogen and oxygen atoms in total. The standard InChI is InChI=1S/C19H18F2N6O/c20-14-3-1-2-6-19(14,7-8-22)27-13-5-10-24-18(28)16(13)17(26-27)25-12-4-9-23-15(21)11-12/h4-5,9-11,14H,1-3,6-7H2,(H,24,28)(H,23,25,26)/t14-,19-/m1/s1. The quantitative estimate of drug-likeness (QED) is 0.671. The number of aromatic nitrogens is 4. The second-order valence-electron chi connectivity index (χ2n) is 6.97. The predicted molar refractivity (Wildman–Crippen MR) is 99.4 cm³/mol. The molecule has 1 saturated carbocycles. The number of hydrogen-bond acceptors (Lipinski definition) is 5. The monoisotopic (exact) mass is 384 g/mol. The van der Waals surface area contributed by atoms with Crippen molar-refractivity contribution in [2.45, 2.75) is 43.8 Å². The number of halogens is 2. The van der Waals surface area contributed by atoms with Gasteiger partial charge in [-0.15, -0.1) is 0 Å². The second kappa shape index (κ2) is 7.03. The molecule has 28 heavy (non-hydrogen) atoms. The molecule has 3 heterocycles. The first-order chi connectivity index (χ1) is 13.5. The zero-order chi connectivity index (χ0) is 19.7. The van der Waals surface area contributed by atoms with Crippen LogP contribution in [0.15, 0.2) is 35.4 Å². The first kappa shape index (κ1) is 18.1. The molecule has 0 aromatic carbocycles. The molecule has 0 unspecified atom stereocenters. The summed E-state index contributed by atoms with van der Waals surface area (Å²) in [4.78, 5) is 18.6. The number of pyridine rings is 2. The third kappa shape index (κ3) is 2.91. The van der Waals surface area contributed by atoms with Crippen LogP contribution in [0.4, 0.5) is 20.3 Å². The highest BCUT2D eigenvalue weighted by molar-refractivity contribution is 5.91. The van der Waals surface area contributed by atoms with Crippen molar-refractivity contribution in [3.05, 3.63) is 46.9 Å². The van der Waals surface area contributed by atoms with E-state index in [1.807, 2.05) is 0 Å². The maximum Gasteiger partial charge on any atom is 0.261 e. The van der Waals surface area contributed by atoms with Crippen LogP contribution in [0.3, 0.4) is 0 Å². The van der Waals surface area contributed by atoms with Gasteiger partial charge in [0.25, 0.3) is 5.56 Å². The van der Waals surface area contributed by atoms with Crippen LogP contribution in [0.5, 0.6) is 0 Å². The third-order valence-electron chi connectivity index (χ3n) is 5.30. The summed E-state index contributed by atoms with van der Waals surface area (Å²) in [5, 5.41) is 17.0. The number of aromatic amines is 1. The van der Waals surface area contributed by atoms with Gasteiger partial charge in [-0.25, -0.2) is 9.37 Å². The van der Waals surface area contributed by atoms with Crippen molar-refractivity contribution in [2.24, 2.45) is 0 Å². The summed E-state index contributed by atoms with van der Waals surface area (Å²) in [6.07, 6.45) is 3.75. The van der Waals surface area contributed by atoms with E-state index >= 15 is 4.39 Å². The highest BCUT2D eigenvalue weighted by Crippen LogP contribution is 2.42. The number of nitriles is 1. The smallest absolute Gasteiger partial charge is 0.261 e. The molecule has 0 spiro atoms. The van der Waals surface area contributed by atoms with Crippen LogP contribution in [0, 0.1) is 17.3 Å². The van der Waals surface area contributed by atoms with Gasteiger partial charge in [-0.3, -0.25) is 9.48 Å². The second-order valence-corrected chi connectivity index (χ2v) is 6.97. The van der Waals surface area contributed by atoms with Crippen molar-refractivity contribution < 1.29 is 8.78 Å². The minimum atomic E-state index is -1.26. The Morgan fingerprint density at radius 2 is 2.29 bits per heavy atom. The van der Waals surface area contributed by atoms with E-state index in [2.05, 4.69) is 26.5 Å². The SMILES string of the molecule is N#CC[C@]1(n2nc(Nc3ccnc(F)c3)c3c(=O)[nH]ccc32)CCCC[C@H]1F. The zero-order valence-electron chi connectivity index (χ0n) is 15.0. The number of nitrogens with zero attached hydrogens (tertiary/aromatic N) is 4. The molecule has 3 aromatic heterocycles. The van der Waals surface area contributed by atoms with E-state index in [9.17, 15) is 14.4 Å². The number of nitrogens with one attached hydrogen (secondary N) is 2. The molecule has 2 N–H and O–H groups in total. The van der Waals surface area contributed by atoms with Gasteiger partial charge in [0, 0.05) is 24.1 Å². The van der Waals surface area contributed by atoms with Crippen molar-refractivity contribution in [1.29, 1.82) is 5.26 Å².